The highest BCUT2D eigenvalue weighted by molar-refractivity contribution is 8.27. The van der Waals surface area contributed by atoms with Crippen LogP contribution in [0.2, 0.25) is 0 Å². The molecule has 0 unspecified atom stereocenters. The van der Waals surface area contributed by atoms with Gasteiger partial charge in [0.05, 0.1) is 28.8 Å². The monoisotopic (exact) mass is 500 g/mol. The molecule has 1 aliphatic heterocycles. The SMILES string of the molecule is CCOc1cc(/C=C2\SC(=S)N(c3ccc(C)cc3C)C2=O)ccc1OCc1ccccc1C#N. The number of ether oxygens (including phenoxy) is 2. The fraction of sp³-hybridized carbons (Fsp3) is 0.179. The second-order valence-electron chi connectivity index (χ2n) is 8.00. The standard InChI is InChI=1S/C28H24N2O3S2/c1-4-32-25-14-20(10-12-24(25)33-17-22-8-6-5-7-21(22)16-29)15-26-27(31)30(28(34)35-26)23-11-9-18(2)13-19(23)3/h5-15H,4,17H2,1-3H3/b26-15-. The molecule has 7 heteroatoms. The van der Waals surface area contributed by atoms with Crippen LogP contribution in [0.4, 0.5) is 5.69 Å². The Kier molecular flexibility index (Phi) is 7.54. The third-order valence-corrected chi connectivity index (χ3v) is 6.78. The molecule has 0 atom stereocenters. The number of nitriles is 1. The molecule has 3 aromatic rings. The number of hydrogen-bond acceptors (Lipinski definition) is 6. The summed E-state index contributed by atoms with van der Waals surface area (Å²) in [7, 11) is 0. The van der Waals surface area contributed by atoms with E-state index in [1.807, 2.05) is 81.4 Å². The Morgan fingerprint density at radius 3 is 2.60 bits per heavy atom. The number of hydrogen-bond donors (Lipinski definition) is 0. The first-order chi connectivity index (χ1) is 16.9. The van der Waals surface area contributed by atoms with Gasteiger partial charge in [-0.05, 0) is 62.2 Å². The van der Waals surface area contributed by atoms with Crippen LogP contribution in [0.5, 0.6) is 11.5 Å². The average molecular weight is 501 g/mol. The fourth-order valence-corrected chi connectivity index (χ4v) is 5.08. The number of nitrogens with zero attached hydrogens (tertiary/aromatic N) is 2. The second kappa shape index (κ2) is 10.8. The van der Waals surface area contributed by atoms with E-state index in [9.17, 15) is 10.1 Å². The molecular formula is C28H24N2O3S2. The zero-order chi connectivity index (χ0) is 24.9. The molecule has 1 aliphatic rings. The highest BCUT2D eigenvalue weighted by Gasteiger charge is 2.34. The quantitative estimate of drug-likeness (QED) is 0.270. The molecule has 0 spiro atoms. The number of rotatable bonds is 7. The van der Waals surface area contributed by atoms with Gasteiger partial charge in [-0.3, -0.25) is 9.69 Å². The summed E-state index contributed by atoms with van der Waals surface area (Å²) < 4.78 is 12.3. The maximum absolute atomic E-state index is 13.2. The number of anilines is 1. The van der Waals surface area contributed by atoms with Crippen molar-refractivity contribution in [1.82, 2.24) is 0 Å². The Bertz CT molecular complexity index is 1370. The van der Waals surface area contributed by atoms with Crippen LogP contribution >= 0.6 is 24.0 Å². The minimum atomic E-state index is -0.140. The zero-order valence-electron chi connectivity index (χ0n) is 19.7. The number of carbonyl (C=O) groups excluding carboxylic acids is 1. The molecule has 1 saturated heterocycles. The Balaban J connectivity index is 1.58. The number of thiocarbonyl (C=S) groups is 1. The summed E-state index contributed by atoms with van der Waals surface area (Å²) in [4.78, 5) is 15.4. The smallest absolute Gasteiger partial charge is 0.270 e. The van der Waals surface area contributed by atoms with E-state index in [1.54, 1.807) is 11.0 Å². The third-order valence-electron chi connectivity index (χ3n) is 5.47. The first-order valence-electron chi connectivity index (χ1n) is 11.1. The number of benzene rings is 3. The molecule has 1 fully saturated rings. The molecule has 4 rings (SSSR count). The molecule has 5 nitrogen and oxygen atoms in total. The number of carbonyl (C=O) groups is 1. The van der Waals surface area contributed by atoms with Crippen LogP contribution < -0.4 is 14.4 Å². The highest BCUT2D eigenvalue weighted by atomic mass is 32.2. The predicted molar refractivity (Wildman–Crippen MR) is 145 cm³/mol. The summed E-state index contributed by atoms with van der Waals surface area (Å²) in [6.07, 6.45) is 1.82. The maximum Gasteiger partial charge on any atom is 0.270 e. The van der Waals surface area contributed by atoms with Gasteiger partial charge < -0.3 is 9.47 Å². The number of amides is 1. The average Bonchev–Trinajstić information content (AvgIpc) is 3.11. The summed E-state index contributed by atoms with van der Waals surface area (Å²) in [6, 6.07) is 21.0. The van der Waals surface area contributed by atoms with E-state index < -0.39 is 0 Å². The molecule has 0 saturated carbocycles. The molecule has 0 N–H and O–H groups in total. The van der Waals surface area contributed by atoms with Crippen molar-refractivity contribution in [2.75, 3.05) is 11.5 Å². The number of thioether (sulfide) groups is 1. The van der Waals surface area contributed by atoms with E-state index in [4.69, 9.17) is 21.7 Å². The van der Waals surface area contributed by atoms with Crippen LogP contribution in [0.25, 0.3) is 6.08 Å². The van der Waals surface area contributed by atoms with Crippen molar-refractivity contribution in [2.24, 2.45) is 0 Å². The van der Waals surface area contributed by atoms with Crippen molar-refractivity contribution in [3.8, 4) is 17.6 Å². The van der Waals surface area contributed by atoms with Gasteiger partial charge in [0, 0.05) is 5.56 Å². The fourth-order valence-electron chi connectivity index (χ4n) is 3.80. The molecule has 176 valence electrons. The first-order valence-corrected chi connectivity index (χ1v) is 12.4. The van der Waals surface area contributed by atoms with E-state index in [0.29, 0.717) is 32.9 Å². The van der Waals surface area contributed by atoms with Gasteiger partial charge in [0.15, 0.2) is 15.8 Å². The number of aryl methyl sites for hydroxylation is 2. The van der Waals surface area contributed by atoms with Gasteiger partial charge >= 0.3 is 0 Å². The van der Waals surface area contributed by atoms with Gasteiger partial charge in [0.1, 0.15) is 6.61 Å². The van der Waals surface area contributed by atoms with Gasteiger partial charge in [-0.1, -0.05) is 65.9 Å². The van der Waals surface area contributed by atoms with Crippen molar-refractivity contribution in [3.05, 3.63) is 93.4 Å². The molecular weight excluding hydrogens is 476 g/mol. The summed E-state index contributed by atoms with van der Waals surface area (Å²) >= 11 is 6.82. The van der Waals surface area contributed by atoms with Crippen LogP contribution in [0.1, 0.15) is 34.7 Å². The van der Waals surface area contributed by atoms with Crippen LogP contribution in [-0.4, -0.2) is 16.8 Å². The lowest BCUT2D eigenvalue weighted by Gasteiger charge is -2.17. The normalized spacial score (nSPS) is 14.3. The third kappa shape index (κ3) is 5.40. The highest BCUT2D eigenvalue weighted by Crippen LogP contribution is 2.38. The van der Waals surface area contributed by atoms with E-state index in [-0.39, 0.29) is 12.5 Å². The molecule has 0 aliphatic carbocycles. The minimum Gasteiger partial charge on any atom is -0.490 e. The summed E-state index contributed by atoms with van der Waals surface area (Å²) in [5.74, 6) is 0.999. The van der Waals surface area contributed by atoms with Gasteiger partial charge in [-0.15, -0.1) is 0 Å². The molecule has 3 aromatic carbocycles. The lowest BCUT2D eigenvalue weighted by atomic mass is 10.1. The van der Waals surface area contributed by atoms with Gasteiger partial charge in [0.2, 0.25) is 0 Å². The zero-order valence-corrected chi connectivity index (χ0v) is 21.3. The molecule has 1 heterocycles. The molecule has 0 aromatic heterocycles. The summed E-state index contributed by atoms with van der Waals surface area (Å²) in [5, 5.41) is 9.31. The van der Waals surface area contributed by atoms with E-state index in [2.05, 4.69) is 6.07 Å². The first kappa shape index (κ1) is 24.5. The molecule has 1 amide bonds. The predicted octanol–water partition coefficient (Wildman–Crippen LogP) is 6.56. The van der Waals surface area contributed by atoms with Crippen molar-refractivity contribution in [2.45, 2.75) is 27.4 Å². The Labute approximate surface area is 215 Å². The van der Waals surface area contributed by atoms with Crippen molar-refractivity contribution in [1.29, 1.82) is 5.26 Å². The maximum atomic E-state index is 13.2. The lowest BCUT2D eigenvalue weighted by Crippen LogP contribution is -2.28. The van der Waals surface area contributed by atoms with Crippen molar-refractivity contribution >= 4 is 46.0 Å². The Morgan fingerprint density at radius 2 is 1.86 bits per heavy atom. The van der Waals surface area contributed by atoms with Crippen molar-refractivity contribution < 1.29 is 14.3 Å². The summed E-state index contributed by atoms with van der Waals surface area (Å²) in [6.45, 7) is 6.61. The van der Waals surface area contributed by atoms with Gasteiger partial charge in [-0.2, -0.15) is 5.26 Å². The Morgan fingerprint density at radius 1 is 1.06 bits per heavy atom. The summed E-state index contributed by atoms with van der Waals surface area (Å²) in [5.41, 5.74) is 5.12. The molecule has 35 heavy (non-hydrogen) atoms. The Hall–Kier alpha value is -3.60. The topological polar surface area (TPSA) is 62.6 Å². The van der Waals surface area contributed by atoms with E-state index in [1.165, 1.54) is 11.8 Å². The molecule has 0 bridgehead atoms. The minimum absolute atomic E-state index is 0.140. The van der Waals surface area contributed by atoms with E-state index in [0.717, 1.165) is 27.9 Å². The van der Waals surface area contributed by atoms with Crippen LogP contribution in [0.15, 0.2) is 65.6 Å². The van der Waals surface area contributed by atoms with Crippen LogP contribution in [-0.2, 0) is 11.4 Å². The largest absolute Gasteiger partial charge is 0.490 e. The molecule has 0 radical (unpaired) electrons. The van der Waals surface area contributed by atoms with Crippen LogP contribution in [0, 0.1) is 25.2 Å². The lowest BCUT2D eigenvalue weighted by molar-refractivity contribution is -0.113. The van der Waals surface area contributed by atoms with Crippen LogP contribution in [0.3, 0.4) is 0 Å². The van der Waals surface area contributed by atoms with Gasteiger partial charge in [0.25, 0.3) is 5.91 Å². The second-order valence-corrected chi connectivity index (χ2v) is 9.68. The van der Waals surface area contributed by atoms with Gasteiger partial charge in [-0.25, -0.2) is 0 Å². The van der Waals surface area contributed by atoms with E-state index >= 15 is 0 Å². The van der Waals surface area contributed by atoms with Crippen molar-refractivity contribution in [3.63, 3.8) is 0 Å².